The Balaban J connectivity index is 5.22. The van der Waals surface area contributed by atoms with Gasteiger partial charge < -0.3 is 33.8 Å². The first-order valence-corrected chi connectivity index (χ1v) is 40.3. The fraction of sp³-hybridized carbons (Fsp3) is 0.944. The van der Waals surface area contributed by atoms with Crippen molar-refractivity contribution in [3.63, 3.8) is 0 Å². The van der Waals surface area contributed by atoms with Gasteiger partial charge >= 0.3 is 39.5 Å². The van der Waals surface area contributed by atoms with Crippen LogP contribution in [-0.2, 0) is 65.4 Å². The van der Waals surface area contributed by atoms with Gasteiger partial charge in [-0.25, -0.2) is 9.13 Å². The molecule has 17 nitrogen and oxygen atoms in total. The predicted octanol–water partition coefficient (Wildman–Crippen LogP) is 20.7. The maximum Gasteiger partial charge on any atom is 0.472 e. The summed E-state index contributed by atoms with van der Waals surface area (Å²) in [6.45, 7) is 4.94. The number of rotatable bonds is 72. The van der Waals surface area contributed by atoms with Gasteiger partial charge in [-0.1, -0.05) is 323 Å². The molecule has 0 fully saturated rings. The molecule has 0 aliphatic heterocycles. The molecule has 5 atom stereocenters. The van der Waals surface area contributed by atoms with Crippen LogP contribution in [0.25, 0.3) is 0 Å². The zero-order chi connectivity index (χ0) is 66.1. The lowest BCUT2D eigenvalue weighted by Gasteiger charge is -2.21. The van der Waals surface area contributed by atoms with Crippen molar-refractivity contribution < 1.29 is 80.2 Å². The van der Waals surface area contributed by atoms with E-state index in [1.807, 2.05) is 0 Å². The van der Waals surface area contributed by atoms with Crippen molar-refractivity contribution in [1.29, 1.82) is 0 Å². The highest BCUT2D eigenvalue weighted by atomic mass is 31.2. The Morgan fingerprint density at radius 2 is 0.444 bits per heavy atom. The SMILES string of the molecule is CCCCCCCCCCCCCCCCC(=O)OC[C@H](COP(=O)(O)OC[C@@H](O)COP(=O)(O)OC[C@@H](COC(=O)CCCCCCCCCC)OC(=O)CCCCCCCCCCCCCCCC)OC(=O)CCCCCCCCCCCCCCCC. The molecule has 0 bridgehead atoms. The van der Waals surface area contributed by atoms with Gasteiger partial charge in [0.2, 0.25) is 0 Å². The van der Waals surface area contributed by atoms with Gasteiger partial charge in [-0.3, -0.25) is 37.3 Å². The highest BCUT2D eigenvalue weighted by Crippen LogP contribution is 2.45. The van der Waals surface area contributed by atoms with Gasteiger partial charge in [0.15, 0.2) is 12.2 Å². The van der Waals surface area contributed by atoms with E-state index >= 15 is 0 Å². The second kappa shape index (κ2) is 65.7. The summed E-state index contributed by atoms with van der Waals surface area (Å²) >= 11 is 0. The summed E-state index contributed by atoms with van der Waals surface area (Å²) in [7, 11) is -9.90. The Morgan fingerprint density at radius 3 is 0.656 bits per heavy atom. The highest BCUT2D eigenvalue weighted by Gasteiger charge is 2.30. The fourth-order valence-electron chi connectivity index (χ4n) is 10.9. The molecule has 0 heterocycles. The molecule has 2 unspecified atom stereocenters. The molecule has 0 aromatic heterocycles. The van der Waals surface area contributed by atoms with E-state index in [4.69, 9.17) is 37.0 Å². The van der Waals surface area contributed by atoms with E-state index in [1.54, 1.807) is 0 Å². The molecular formula is C71H138O17P2. The minimum absolute atomic E-state index is 0.108. The molecule has 0 aliphatic rings. The summed E-state index contributed by atoms with van der Waals surface area (Å²) in [5.74, 6) is -2.12. The lowest BCUT2D eigenvalue weighted by Crippen LogP contribution is -2.30. The largest absolute Gasteiger partial charge is 0.472 e. The third-order valence-electron chi connectivity index (χ3n) is 16.6. The fourth-order valence-corrected chi connectivity index (χ4v) is 12.4. The number of phosphoric ester groups is 2. The van der Waals surface area contributed by atoms with E-state index in [9.17, 15) is 43.2 Å². The van der Waals surface area contributed by atoms with Crippen LogP contribution in [-0.4, -0.2) is 96.7 Å². The summed E-state index contributed by atoms with van der Waals surface area (Å²) in [6, 6.07) is 0. The van der Waals surface area contributed by atoms with Gasteiger partial charge in [-0.05, 0) is 25.7 Å². The predicted molar refractivity (Wildman–Crippen MR) is 363 cm³/mol. The van der Waals surface area contributed by atoms with Crippen LogP contribution in [0.3, 0.4) is 0 Å². The Morgan fingerprint density at radius 1 is 0.267 bits per heavy atom. The second-order valence-corrected chi connectivity index (χ2v) is 28.5. The Kier molecular flexibility index (Phi) is 64.3. The van der Waals surface area contributed by atoms with Gasteiger partial charge in [0.1, 0.15) is 19.3 Å². The van der Waals surface area contributed by atoms with Crippen molar-refractivity contribution >= 4 is 39.5 Å². The van der Waals surface area contributed by atoms with E-state index in [0.29, 0.717) is 25.7 Å². The van der Waals surface area contributed by atoms with Crippen LogP contribution >= 0.6 is 15.6 Å². The van der Waals surface area contributed by atoms with E-state index in [2.05, 4.69) is 27.7 Å². The van der Waals surface area contributed by atoms with Gasteiger partial charge in [-0.15, -0.1) is 0 Å². The van der Waals surface area contributed by atoms with E-state index in [1.165, 1.54) is 205 Å². The van der Waals surface area contributed by atoms with E-state index in [0.717, 1.165) is 89.9 Å². The highest BCUT2D eigenvalue weighted by molar-refractivity contribution is 7.47. The number of phosphoric acid groups is 2. The number of aliphatic hydroxyl groups is 1. The molecule has 0 spiro atoms. The standard InChI is InChI=1S/C71H138O17P2/c1-5-9-13-17-21-25-28-31-34-37-40-44-48-52-56-69(74)82-62-67(88-71(76)58-54-50-46-42-39-36-33-30-27-23-19-15-11-7-3)64-86-90(79,80)84-60-65(72)59-83-89(77,78)85-63-66(61-81-68(73)55-51-47-43-24-20-16-12-8-4)87-70(75)57-53-49-45-41-38-35-32-29-26-22-18-14-10-6-2/h65-67,72H,5-64H2,1-4H3,(H,77,78)(H,79,80)/t65-,66+,67+/m0/s1. The van der Waals surface area contributed by atoms with Crippen molar-refractivity contribution in [3.8, 4) is 0 Å². The van der Waals surface area contributed by atoms with Crippen molar-refractivity contribution in [2.24, 2.45) is 0 Å². The second-order valence-electron chi connectivity index (χ2n) is 25.6. The first-order chi connectivity index (χ1) is 43.7. The summed E-state index contributed by atoms with van der Waals surface area (Å²) in [5, 5.41) is 10.6. The topological polar surface area (TPSA) is 237 Å². The van der Waals surface area contributed by atoms with Crippen molar-refractivity contribution in [3.05, 3.63) is 0 Å². The number of hydrogen-bond acceptors (Lipinski definition) is 15. The lowest BCUT2D eigenvalue weighted by atomic mass is 10.0. The molecule has 0 saturated carbocycles. The minimum Gasteiger partial charge on any atom is -0.462 e. The first kappa shape index (κ1) is 88.1. The molecular weight excluding hydrogens is 1190 g/mol. The molecule has 19 heteroatoms. The molecule has 0 radical (unpaired) electrons. The molecule has 0 aromatic carbocycles. The molecule has 0 saturated heterocycles. The molecule has 0 amide bonds. The van der Waals surface area contributed by atoms with Crippen LogP contribution in [0.5, 0.6) is 0 Å². The number of unbranched alkanes of at least 4 members (excludes halogenated alkanes) is 46. The maximum atomic E-state index is 13.0. The maximum absolute atomic E-state index is 13.0. The first-order valence-electron chi connectivity index (χ1n) is 37.3. The van der Waals surface area contributed by atoms with Crippen LogP contribution in [0, 0.1) is 0 Å². The molecule has 90 heavy (non-hydrogen) atoms. The van der Waals surface area contributed by atoms with Crippen molar-refractivity contribution in [2.45, 2.75) is 393 Å². The molecule has 0 aliphatic carbocycles. The zero-order valence-corrected chi connectivity index (χ0v) is 59.9. The number of carbonyl (C=O) groups excluding carboxylic acids is 4. The summed E-state index contributed by atoms with van der Waals surface area (Å²) < 4.78 is 68.3. The molecule has 3 N–H and O–H groups in total. The van der Waals surface area contributed by atoms with Crippen molar-refractivity contribution in [1.82, 2.24) is 0 Å². The number of aliphatic hydroxyl groups excluding tert-OH is 1. The number of hydrogen-bond donors (Lipinski definition) is 3. The Hall–Kier alpha value is -1.94. The van der Waals surface area contributed by atoms with Gasteiger partial charge in [0.05, 0.1) is 26.4 Å². The van der Waals surface area contributed by atoms with E-state index in [-0.39, 0.29) is 25.7 Å². The summed E-state index contributed by atoms with van der Waals surface area (Å²) in [4.78, 5) is 72.5. The van der Waals surface area contributed by atoms with Gasteiger partial charge in [0, 0.05) is 25.7 Å². The monoisotopic (exact) mass is 1320 g/mol. The van der Waals surface area contributed by atoms with Crippen LogP contribution in [0.2, 0.25) is 0 Å². The lowest BCUT2D eigenvalue weighted by molar-refractivity contribution is -0.161. The average Bonchev–Trinajstić information content (AvgIpc) is 2.39. The van der Waals surface area contributed by atoms with Crippen LogP contribution in [0.4, 0.5) is 0 Å². The van der Waals surface area contributed by atoms with Crippen LogP contribution < -0.4 is 0 Å². The van der Waals surface area contributed by atoms with Crippen molar-refractivity contribution in [2.75, 3.05) is 39.6 Å². The smallest absolute Gasteiger partial charge is 0.462 e. The van der Waals surface area contributed by atoms with Crippen LogP contribution in [0.1, 0.15) is 374 Å². The molecule has 0 rings (SSSR count). The Bertz CT molecular complexity index is 1720. The molecule has 534 valence electrons. The molecule has 0 aromatic rings. The number of carbonyl (C=O) groups is 4. The normalized spacial score (nSPS) is 14.0. The third kappa shape index (κ3) is 64.8. The van der Waals surface area contributed by atoms with Gasteiger partial charge in [0.25, 0.3) is 0 Å². The number of ether oxygens (including phenoxy) is 4. The third-order valence-corrected chi connectivity index (χ3v) is 18.5. The summed E-state index contributed by atoms with van der Waals surface area (Å²) in [6.07, 6.45) is 54.0. The minimum atomic E-state index is -4.95. The summed E-state index contributed by atoms with van der Waals surface area (Å²) in [5.41, 5.74) is 0. The quantitative estimate of drug-likeness (QED) is 0.0222. The number of esters is 4. The van der Waals surface area contributed by atoms with E-state index < -0.39 is 97.5 Å². The van der Waals surface area contributed by atoms with Crippen LogP contribution in [0.15, 0.2) is 0 Å². The van der Waals surface area contributed by atoms with Gasteiger partial charge in [-0.2, -0.15) is 0 Å². The average molecular weight is 1330 g/mol. The Labute approximate surface area is 549 Å². The zero-order valence-electron chi connectivity index (χ0n) is 58.1.